The minimum Gasteiger partial charge on any atom is -0.383 e. The number of thioether (sulfide) groups is 1. The number of hydrogen-bond donors (Lipinski definition) is 0. The van der Waals surface area contributed by atoms with Crippen LogP contribution < -0.4 is 10.5 Å². The van der Waals surface area contributed by atoms with Gasteiger partial charge in [-0.25, -0.2) is 4.98 Å². The average molecular weight is 473 g/mol. The maximum atomic E-state index is 13.6. The summed E-state index contributed by atoms with van der Waals surface area (Å²) in [5.41, 5.74) is 1.82. The number of aromatic nitrogens is 2. The molecule has 9 heteroatoms. The van der Waals surface area contributed by atoms with Crippen LogP contribution in [0.3, 0.4) is 0 Å². The molecular formula is C23H28N4O3S2. The van der Waals surface area contributed by atoms with Gasteiger partial charge >= 0.3 is 0 Å². The molecule has 1 amide bonds. The van der Waals surface area contributed by atoms with Gasteiger partial charge in [0.2, 0.25) is 0 Å². The van der Waals surface area contributed by atoms with E-state index in [4.69, 9.17) is 21.9 Å². The Bertz CT molecular complexity index is 1150. The van der Waals surface area contributed by atoms with E-state index in [0.29, 0.717) is 51.2 Å². The summed E-state index contributed by atoms with van der Waals surface area (Å²) in [6.07, 6.45) is 4.61. The van der Waals surface area contributed by atoms with E-state index in [2.05, 4.69) is 18.7 Å². The fourth-order valence-corrected chi connectivity index (χ4v) is 5.75. The first kappa shape index (κ1) is 22.9. The van der Waals surface area contributed by atoms with E-state index in [9.17, 15) is 9.59 Å². The predicted molar refractivity (Wildman–Crippen MR) is 133 cm³/mol. The highest BCUT2D eigenvalue weighted by Gasteiger charge is 2.33. The Balaban J connectivity index is 1.84. The summed E-state index contributed by atoms with van der Waals surface area (Å²) in [5, 5.41) is 0. The number of carbonyl (C=O) groups is 1. The summed E-state index contributed by atoms with van der Waals surface area (Å²) in [6, 6.07) is 3.82. The number of nitrogens with zero attached hydrogens (tertiary/aromatic N) is 4. The number of thiocarbonyl (C=S) groups is 1. The molecule has 0 unspecified atom stereocenters. The number of anilines is 1. The Kier molecular flexibility index (Phi) is 6.69. The molecule has 0 bridgehead atoms. The van der Waals surface area contributed by atoms with Gasteiger partial charge in [-0.1, -0.05) is 43.9 Å². The number of piperidine rings is 1. The van der Waals surface area contributed by atoms with Gasteiger partial charge in [0.1, 0.15) is 15.8 Å². The Morgan fingerprint density at radius 2 is 1.97 bits per heavy atom. The first-order valence-electron chi connectivity index (χ1n) is 10.8. The summed E-state index contributed by atoms with van der Waals surface area (Å²) in [7, 11) is 1.59. The molecule has 2 aliphatic heterocycles. The van der Waals surface area contributed by atoms with Crippen molar-refractivity contribution >= 4 is 51.7 Å². The minimum absolute atomic E-state index is 0.179. The first-order chi connectivity index (χ1) is 15.3. The van der Waals surface area contributed by atoms with Crippen LogP contribution in [0.5, 0.6) is 0 Å². The fraction of sp³-hybridized carbons (Fsp3) is 0.478. The number of carbonyl (C=O) groups excluding carboxylic acids is 1. The second-order valence-corrected chi connectivity index (χ2v) is 10.4. The molecule has 2 aromatic heterocycles. The van der Waals surface area contributed by atoms with Crippen LogP contribution in [-0.2, 0) is 9.53 Å². The lowest BCUT2D eigenvalue weighted by Gasteiger charge is -2.36. The molecule has 4 heterocycles. The van der Waals surface area contributed by atoms with Crippen LogP contribution in [0.4, 0.5) is 5.82 Å². The molecule has 2 fully saturated rings. The minimum atomic E-state index is -0.197. The quantitative estimate of drug-likeness (QED) is 0.488. The van der Waals surface area contributed by atoms with Crippen LogP contribution in [-0.4, -0.2) is 57.9 Å². The number of aryl methyl sites for hydroxylation is 1. The lowest BCUT2D eigenvalue weighted by Crippen LogP contribution is -2.40. The van der Waals surface area contributed by atoms with E-state index in [1.54, 1.807) is 23.8 Å². The number of fused-ring (bicyclic) bond motifs is 1. The molecule has 0 spiro atoms. The van der Waals surface area contributed by atoms with Crippen molar-refractivity contribution in [2.24, 2.45) is 11.8 Å². The van der Waals surface area contributed by atoms with Crippen molar-refractivity contribution in [3.05, 3.63) is 44.7 Å². The van der Waals surface area contributed by atoms with Crippen molar-refractivity contribution in [2.75, 3.05) is 38.3 Å². The number of pyridine rings is 1. The summed E-state index contributed by atoms with van der Waals surface area (Å²) < 4.78 is 7.14. The fourth-order valence-electron chi connectivity index (χ4n) is 4.46. The van der Waals surface area contributed by atoms with Gasteiger partial charge in [-0.2, -0.15) is 0 Å². The van der Waals surface area contributed by atoms with Crippen molar-refractivity contribution in [3.8, 4) is 0 Å². The van der Waals surface area contributed by atoms with Crippen molar-refractivity contribution in [1.82, 2.24) is 14.3 Å². The number of methoxy groups -OCH3 is 1. The van der Waals surface area contributed by atoms with Gasteiger partial charge in [0.05, 0.1) is 23.6 Å². The van der Waals surface area contributed by atoms with Gasteiger partial charge < -0.3 is 9.64 Å². The third-order valence-corrected chi connectivity index (χ3v) is 7.20. The van der Waals surface area contributed by atoms with Crippen molar-refractivity contribution in [3.63, 3.8) is 0 Å². The van der Waals surface area contributed by atoms with Gasteiger partial charge in [-0.15, -0.1) is 0 Å². The third kappa shape index (κ3) is 4.46. The Morgan fingerprint density at radius 1 is 1.25 bits per heavy atom. The van der Waals surface area contributed by atoms with Crippen LogP contribution in [0.2, 0.25) is 0 Å². The van der Waals surface area contributed by atoms with Gasteiger partial charge in [0, 0.05) is 26.4 Å². The molecule has 2 saturated heterocycles. The summed E-state index contributed by atoms with van der Waals surface area (Å²) >= 11 is 6.62. The molecular weight excluding hydrogens is 444 g/mol. The molecule has 170 valence electrons. The zero-order chi connectivity index (χ0) is 23.0. The largest absolute Gasteiger partial charge is 0.383 e. The molecule has 0 aliphatic carbocycles. The average Bonchev–Trinajstić information content (AvgIpc) is 3.00. The molecule has 4 rings (SSSR count). The molecule has 2 aromatic rings. The maximum absolute atomic E-state index is 13.6. The molecule has 0 saturated carbocycles. The normalized spacial score (nSPS) is 23.1. The number of rotatable bonds is 5. The van der Waals surface area contributed by atoms with E-state index < -0.39 is 0 Å². The highest BCUT2D eigenvalue weighted by Crippen LogP contribution is 2.34. The molecule has 0 aromatic carbocycles. The highest BCUT2D eigenvalue weighted by molar-refractivity contribution is 8.26. The van der Waals surface area contributed by atoms with Crippen molar-refractivity contribution < 1.29 is 9.53 Å². The van der Waals surface area contributed by atoms with Crippen molar-refractivity contribution in [2.45, 2.75) is 27.2 Å². The van der Waals surface area contributed by atoms with Crippen LogP contribution in [0.25, 0.3) is 11.7 Å². The zero-order valence-electron chi connectivity index (χ0n) is 18.8. The maximum Gasteiger partial charge on any atom is 0.267 e. The summed E-state index contributed by atoms with van der Waals surface area (Å²) in [4.78, 5) is 35.6. The molecule has 2 aliphatic rings. The van der Waals surface area contributed by atoms with Gasteiger partial charge in [0.15, 0.2) is 0 Å². The smallest absolute Gasteiger partial charge is 0.267 e. The second-order valence-electron chi connectivity index (χ2n) is 8.77. The topological polar surface area (TPSA) is 67.2 Å². The van der Waals surface area contributed by atoms with Gasteiger partial charge in [-0.3, -0.25) is 18.9 Å². The first-order valence-corrected chi connectivity index (χ1v) is 12.0. The van der Waals surface area contributed by atoms with Crippen LogP contribution in [0.15, 0.2) is 28.0 Å². The molecule has 32 heavy (non-hydrogen) atoms. The lowest BCUT2D eigenvalue weighted by atomic mass is 9.91. The Labute approximate surface area is 197 Å². The molecule has 7 nitrogen and oxygen atoms in total. The molecule has 2 atom stereocenters. The number of amides is 1. The third-order valence-electron chi connectivity index (χ3n) is 5.82. The number of ether oxygens (including phenoxy) is 1. The van der Waals surface area contributed by atoms with Gasteiger partial charge in [-0.05, 0) is 42.9 Å². The van der Waals surface area contributed by atoms with Crippen LogP contribution in [0, 0.1) is 18.8 Å². The molecule has 0 radical (unpaired) electrons. The Morgan fingerprint density at radius 3 is 2.66 bits per heavy atom. The lowest BCUT2D eigenvalue weighted by molar-refractivity contribution is -0.122. The standard InChI is InChI=1S/C23H28N4O3S2/c1-14-5-6-19-24-20(25-11-15(2)9-16(3)12-25)17(21(28)27(19)13-14)10-18-22(29)26(7-8-30-4)23(31)32-18/h5-6,10,13,15-16H,7-9,11-12H2,1-4H3/b18-10-/t15-,16-/m0/s1. The second kappa shape index (κ2) is 9.33. The van der Waals surface area contributed by atoms with E-state index >= 15 is 0 Å². The SMILES string of the molecule is COCCN1C(=O)/C(=C/c2c(N3C[C@@H](C)C[C@H](C)C3)nc3ccc(C)cn3c2=O)SC1=S. The van der Waals surface area contributed by atoms with E-state index in [1.165, 1.54) is 16.7 Å². The Hall–Kier alpha value is -2.23. The summed E-state index contributed by atoms with van der Waals surface area (Å²) in [6.45, 7) is 8.83. The van der Waals surface area contributed by atoms with Gasteiger partial charge in [0.25, 0.3) is 11.5 Å². The summed E-state index contributed by atoms with van der Waals surface area (Å²) in [5.74, 6) is 1.44. The highest BCUT2D eigenvalue weighted by atomic mass is 32.2. The molecule has 0 N–H and O–H groups in total. The van der Waals surface area contributed by atoms with Crippen molar-refractivity contribution in [1.29, 1.82) is 0 Å². The van der Waals surface area contributed by atoms with Crippen LogP contribution in [0.1, 0.15) is 31.4 Å². The van der Waals surface area contributed by atoms with E-state index in [0.717, 1.165) is 25.1 Å². The monoisotopic (exact) mass is 472 g/mol. The van der Waals surface area contributed by atoms with E-state index in [1.807, 2.05) is 19.1 Å². The predicted octanol–water partition coefficient (Wildman–Crippen LogP) is 3.33. The van der Waals surface area contributed by atoms with E-state index in [-0.39, 0.29) is 11.5 Å². The zero-order valence-corrected chi connectivity index (χ0v) is 20.5. The van der Waals surface area contributed by atoms with Crippen LogP contribution >= 0.6 is 24.0 Å². The number of hydrogen-bond acceptors (Lipinski definition) is 7.